The van der Waals surface area contributed by atoms with Crippen molar-refractivity contribution in [1.82, 2.24) is 5.06 Å². The third kappa shape index (κ3) is 4.25. The zero-order valence-electron chi connectivity index (χ0n) is 15.7. The van der Waals surface area contributed by atoms with Gasteiger partial charge in [0.1, 0.15) is 5.37 Å². The number of para-hydroxylation sites is 2. The highest BCUT2D eigenvalue weighted by Gasteiger charge is 2.34. The summed E-state index contributed by atoms with van der Waals surface area (Å²) in [6.07, 6.45) is 5.06. The van der Waals surface area contributed by atoms with Crippen molar-refractivity contribution in [3.8, 4) is 0 Å². The highest BCUT2D eigenvalue weighted by Crippen LogP contribution is 2.37. The molecule has 4 rings (SSSR count). The van der Waals surface area contributed by atoms with Gasteiger partial charge in [0.2, 0.25) is 5.88 Å². The number of nitrogens with zero attached hydrogens (tertiary/aromatic N) is 2. The lowest BCUT2D eigenvalue weighted by Gasteiger charge is -2.34. The lowest BCUT2D eigenvalue weighted by atomic mass is 10.2. The molecule has 0 amide bonds. The van der Waals surface area contributed by atoms with E-state index < -0.39 is 0 Å². The molecule has 0 bridgehead atoms. The number of methoxy groups -OCH3 is 1. The van der Waals surface area contributed by atoms with Crippen LogP contribution in [0.5, 0.6) is 0 Å². The maximum absolute atomic E-state index is 6.35. The van der Waals surface area contributed by atoms with Crippen LogP contribution in [0.2, 0.25) is 0 Å². The second kappa shape index (κ2) is 8.72. The molecule has 2 aliphatic rings. The first-order valence-corrected chi connectivity index (χ1v) is 10.5. The number of benzene rings is 2. The van der Waals surface area contributed by atoms with Crippen molar-refractivity contribution in [2.75, 3.05) is 18.6 Å². The molecule has 2 aromatic carbocycles. The van der Waals surface area contributed by atoms with Gasteiger partial charge in [0.25, 0.3) is 0 Å². The van der Waals surface area contributed by atoms with Crippen molar-refractivity contribution in [3.63, 3.8) is 0 Å². The molecule has 0 spiro atoms. The second-order valence-electron chi connectivity index (χ2n) is 6.87. The molecular formula is C22H26N2O2S. The van der Waals surface area contributed by atoms with E-state index in [1.807, 2.05) is 5.06 Å². The average molecular weight is 383 g/mol. The molecule has 142 valence electrons. The van der Waals surface area contributed by atoms with Crippen molar-refractivity contribution in [2.24, 2.45) is 0 Å². The Kier molecular flexibility index (Phi) is 5.90. The van der Waals surface area contributed by atoms with Gasteiger partial charge in [-0.3, -0.25) is 4.84 Å². The Labute approximate surface area is 165 Å². The lowest BCUT2D eigenvalue weighted by Crippen LogP contribution is -2.39. The minimum absolute atomic E-state index is 0.140. The molecule has 0 radical (unpaired) electrons. The van der Waals surface area contributed by atoms with Crippen LogP contribution in [0, 0.1) is 0 Å². The molecule has 27 heavy (non-hydrogen) atoms. The molecule has 4 nitrogen and oxygen atoms in total. The van der Waals surface area contributed by atoms with Gasteiger partial charge in [0.15, 0.2) is 0 Å². The predicted octanol–water partition coefficient (Wildman–Crippen LogP) is 5.52. The lowest BCUT2D eigenvalue weighted by molar-refractivity contribution is -0.199. The maximum atomic E-state index is 6.35. The normalized spacial score (nSPS) is 20.0. The van der Waals surface area contributed by atoms with Crippen LogP contribution >= 0.6 is 11.8 Å². The summed E-state index contributed by atoms with van der Waals surface area (Å²) in [6, 6.07) is 21.0. The summed E-state index contributed by atoms with van der Waals surface area (Å²) in [5.41, 5.74) is 2.35. The van der Waals surface area contributed by atoms with E-state index in [4.69, 9.17) is 9.57 Å². The summed E-state index contributed by atoms with van der Waals surface area (Å²) in [5, 5.41) is 4.19. The standard InChI is InChI=1S/C22H26N2O2S/c1-25-21-17-27-22(24(21)26-20-14-8-9-15-20)16-23(18-10-4-2-5-11-18)19-12-6-3-7-13-19/h2-7,10-13,17,20,22H,8-9,14-16H2,1H3. The molecule has 1 saturated carbocycles. The quantitative estimate of drug-likeness (QED) is 0.628. The molecule has 0 aromatic heterocycles. The zero-order chi connectivity index (χ0) is 18.5. The Hall–Kier alpha value is -2.11. The van der Waals surface area contributed by atoms with Crippen LogP contribution in [0.4, 0.5) is 11.4 Å². The fraction of sp³-hybridized carbons (Fsp3) is 0.364. The third-order valence-electron chi connectivity index (χ3n) is 5.05. The molecule has 1 fully saturated rings. The Morgan fingerprint density at radius 1 is 0.963 bits per heavy atom. The van der Waals surface area contributed by atoms with E-state index in [1.54, 1.807) is 18.9 Å². The van der Waals surface area contributed by atoms with Crippen molar-refractivity contribution in [1.29, 1.82) is 0 Å². The fourth-order valence-corrected chi connectivity index (χ4v) is 4.62. The SMILES string of the molecule is COC1=CSC(CN(c2ccccc2)c2ccccc2)N1OC1CCCC1. The summed E-state index contributed by atoms with van der Waals surface area (Å²) in [4.78, 5) is 8.70. The summed E-state index contributed by atoms with van der Waals surface area (Å²) < 4.78 is 5.58. The van der Waals surface area contributed by atoms with E-state index in [1.165, 1.54) is 24.2 Å². The highest BCUT2D eigenvalue weighted by atomic mass is 32.2. The number of thioether (sulfide) groups is 1. The molecule has 1 aliphatic heterocycles. The summed E-state index contributed by atoms with van der Waals surface area (Å²) in [5.74, 6) is 0.804. The zero-order valence-corrected chi connectivity index (χ0v) is 16.5. The number of hydrogen-bond acceptors (Lipinski definition) is 5. The minimum atomic E-state index is 0.140. The van der Waals surface area contributed by atoms with Crippen molar-refractivity contribution in [3.05, 3.63) is 72.0 Å². The molecule has 1 unspecified atom stereocenters. The number of rotatable bonds is 7. The Balaban J connectivity index is 1.56. The van der Waals surface area contributed by atoms with Gasteiger partial charge in [-0.2, -0.15) is 0 Å². The van der Waals surface area contributed by atoms with E-state index in [2.05, 4.69) is 71.0 Å². The topological polar surface area (TPSA) is 24.9 Å². The van der Waals surface area contributed by atoms with Crippen LogP contribution in [-0.4, -0.2) is 30.2 Å². The van der Waals surface area contributed by atoms with Crippen molar-refractivity contribution >= 4 is 23.1 Å². The van der Waals surface area contributed by atoms with Crippen LogP contribution in [0.3, 0.4) is 0 Å². The fourth-order valence-electron chi connectivity index (χ4n) is 3.65. The van der Waals surface area contributed by atoms with E-state index >= 15 is 0 Å². The molecule has 0 N–H and O–H groups in total. The summed E-state index contributed by atoms with van der Waals surface area (Å²) in [6.45, 7) is 0.800. The Bertz CT molecular complexity index is 708. The van der Waals surface area contributed by atoms with Crippen LogP contribution in [0.1, 0.15) is 25.7 Å². The van der Waals surface area contributed by atoms with Gasteiger partial charge < -0.3 is 9.64 Å². The van der Waals surface area contributed by atoms with E-state index in [-0.39, 0.29) is 5.37 Å². The number of ether oxygens (including phenoxy) is 1. The van der Waals surface area contributed by atoms with Crippen molar-refractivity contribution in [2.45, 2.75) is 37.2 Å². The van der Waals surface area contributed by atoms with Crippen LogP contribution in [0.25, 0.3) is 0 Å². The molecule has 2 aromatic rings. The Morgan fingerprint density at radius 2 is 1.56 bits per heavy atom. The van der Waals surface area contributed by atoms with Gasteiger partial charge in [-0.05, 0) is 37.1 Å². The smallest absolute Gasteiger partial charge is 0.221 e. The second-order valence-corrected chi connectivity index (χ2v) is 7.92. The van der Waals surface area contributed by atoms with E-state index in [9.17, 15) is 0 Å². The average Bonchev–Trinajstić information content (AvgIpc) is 3.38. The number of anilines is 2. The largest absolute Gasteiger partial charge is 0.481 e. The van der Waals surface area contributed by atoms with Crippen LogP contribution in [0.15, 0.2) is 72.0 Å². The van der Waals surface area contributed by atoms with Gasteiger partial charge in [-0.15, -0.1) is 0 Å². The third-order valence-corrected chi connectivity index (χ3v) is 6.05. The van der Waals surface area contributed by atoms with Crippen molar-refractivity contribution < 1.29 is 9.57 Å². The van der Waals surface area contributed by atoms with E-state index in [0.29, 0.717) is 6.10 Å². The van der Waals surface area contributed by atoms with Gasteiger partial charge in [0.05, 0.1) is 19.8 Å². The molecule has 1 aliphatic carbocycles. The first-order chi connectivity index (χ1) is 13.3. The highest BCUT2D eigenvalue weighted by molar-refractivity contribution is 8.02. The number of hydroxylamine groups is 2. The summed E-state index contributed by atoms with van der Waals surface area (Å²) in [7, 11) is 1.71. The van der Waals surface area contributed by atoms with Gasteiger partial charge in [-0.1, -0.05) is 61.0 Å². The first kappa shape index (κ1) is 18.3. The predicted molar refractivity (Wildman–Crippen MR) is 112 cm³/mol. The van der Waals surface area contributed by atoms with Gasteiger partial charge in [-0.25, -0.2) is 5.06 Å². The maximum Gasteiger partial charge on any atom is 0.221 e. The van der Waals surface area contributed by atoms with Crippen LogP contribution in [-0.2, 0) is 9.57 Å². The minimum Gasteiger partial charge on any atom is -0.481 e. The summed E-state index contributed by atoms with van der Waals surface area (Å²) >= 11 is 1.76. The van der Waals surface area contributed by atoms with Gasteiger partial charge in [0, 0.05) is 16.8 Å². The molecule has 1 atom stereocenters. The molecule has 0 saturated heterocycles. The monoisotopic (exact) mass is 382 g/mol. The van der Waals surface area contributed by atoms with Gasteiger partial charge >= 0.3 is 0 Å². The van der Waals surface area contributed by atoms with E-state index in [0.717, 1.165) is 25.3 Å². The molecule has 1 heterocycles. The molecular weight excluding hydrogens is 356 g/mol. The molecule has 5 heteroatoms. The Morgan fingerprint density at radius 3 is 2.11 bits per heavy atom. The van der Waals surface area contributed by atoms with Crippen LogP contribution < -0.4 is 4.90 Å². The first-order valence-electron chi connectivity index (χ1n) is 9.58. The number of hydrogen-bond donors (Lipinski definition) is 0.